The quantitative estimate of drug-likeness (QED) is 0.361. The van der Waals surface area contributed by atoms with Crippen LogP contribution < -0.4 is 4.90 Å². The summed E-state index contributed by atoms with van der Waals surface area (Å²) in [7, 11) is 1.34. The average Bonchev–Trinajstić information content (AvgIpc) is 2.42. The van der Waals surface area contributed by atoms with Gasteiger partial charge >= 0.3 is 17.6 Å². The highest BCUT2D eigenvalue weighted by Crippen LogP contribution is 2.31. The van der Waals surface area contributed by atoms with Crippen LogP contribution in [0.25, 0.3) is 0 Å². The summed E-state index contributed by atoms with van der Waals surface area (Å²) in [6, 6.07) is -0.976. The van der Waals surface area contributed by atoms with Crippen molar-refractivity contribution in [2.45, 2.75) is 39.3 Å². The van der Waals surface area contributed by atoms with Crippen LogP contribution in [0.5, 0.6) is 0 Å². The maximum atomic E-state index is 12.1. The molecule has 1 aromatic rings. The molecule has 0 bridgehead atoms. The first-order valence-electron chi connectivity index (χ1n) is 6.76. The van der Waals surface area contributed by atoms with Crippen LogP contribution >= 0.6 is 11.6 Å². The minimum Gasteiger partial charge on any atom is -0.476 e. The molecule has 0 aliphatic rings. The van der Waals surface area contributed by atoms with E-state index in [1.54, 1.807) is 20.8 Å². The van der Waals surface area contributed by atoms with Crippen LogP contribution in [0.15, 0.2) is 0 Å². The molecular weight excluding hydrogens is 344 g/mol. The summed E-state index contributed by atoms with van der Waals surface area (Å²) in [5.74, 6) is -2.69. The molecule has 0 fully saturated rings. The second kappa shape index (κ2) is 6.95. The molecule has 0 unspecified atom stereocenters. The van der Waals surface area contributed by atoms with Crippen molar-refractivity contribution in [3.8, 4) is 0 Å². The molecule has 11 heteroatoms. The van der Waals surface area contributed by atoms with Crippen LogP contribution in [0, 0.1) is 10.1 Å². The number of rotatable bonds is 5. The number of esters is 1. The number of ether oxygens (including phenoxy) is 1. The van der Waals surface area contributed by atoms with Crippen molar-refractivity contribution in [3.63, 3.8) is 0 Å². The van der Waals surface area contributed by atoms with Crippen molar-refractivity contribution in [3.05, 3.63) is 21.1 Å². The first-order chi connectivity index (χ1) is 10.8. The van der Waals surface area contributed by atoms with Gasteiger partial charge in [0.2, 0.25) is 16.8 Å². The number of halogens is 1. The van der Waals surface area contributed by atoms with E-state index in [1.807, 2.05) is 0 Å². The Hall–Kier alpha value is -2.49. The van der Waals surface area contributed by atoms with Gasteiger partial charge in [-0.15, -0.1) is 0 Å². The minimum atomic E-state index is -1.63. The smallest absolute Gasteiger partial charge is 0.362 e. The minimum absolute atomic E-state index is 0.393. The summed E-state index contributed by atoms with van der Waals surface area (Å²) in [4.78, 5) is 41.8. The molecule has 1 heterocycles. The zero-order valence-electron chi connectivity index (χ0n) is 13.7. The normalized spacial score (nSPS) is 12.4. The van der Waals surface area contributed by atoms with Crippen LogP contribution in [0.1, 0.15) is 38.2 Å². The Morgan fingerprint density at radius 3 is 2.33 bits per heavy atom. The molecule has 1 aromatic heterocycles. The van der Waals surface area contributed by atoms with Crippen LogP contribution in [-0.4, -0.2) is 50.6 Å². The molecule has 24 heavy (non-hydrogen) atoms. The predicted molar refractivity (Wildman–Crippen MR) is 84.4 cm³/mol. The zero-order chi connectivity index (χ0) is 18.8. The fraction of sp³-hybridized carbons (Fsp3) is 0.538. The number of hydrogen-bond donors (Lipinski definition) is 1. The van der Waals surface area contributed by atoms with Gasteiger partial charge in [-0.3, -0.25) is 10.1 Å². The van der Waals surface area contributed by atoms with Crippen molar-refractivity contribution in [1.29, 1.82) is 0 Å². The molecule has 0 aromatic carbocycles. The van der Waals surface area contributed by atoms with Gasteiger partial charge in [0.1, 0.15) is 11.6 Å². The van der Waals surface area contributed by atoms with Crippen molar-refractivity contribution in [2.75, 3.05) is 11.9 Å². The highest BCUT2D eigenvalue weighted by molar-refractivity contribution is 6.28. The number of aromatic carboxylic acids is 1. The number of hydrogen-bond acceptors (Lipinski definition) is 8. The van der Waals surface area contributed by atoms with Gasteiger partial charge in [0.15, 0.2) is 0 Å². The topological polar surface area (TPSA) is 136 Å². The largest absolute Gasteiger partial charge is 0.476 e. The van der Waals surface area contributed by atoms with E-state index in [1.165, 1.54) is 14.0 Å². The molecule has 1 atom stereocenters. The van der Waals surface area contributed by atoms with Gasteiger partial charge in [-0.1, -0.05) is 0 Å². The van der Waals surface area contributed by atoms with Gasteiger partial charge < -0.3 is 14.7 Å². The van der Waals surface area contributed by atoms with Crippen molar-refractivity contribution in [1.82, 2.24) is 9.97 Å². The molecule has 0 amide bonds. The summed E-state index contributed by atoms with van der Waals surface area (Å²) < 4.78 is 5.21. The maximum Gasteiger partial charge on any atom is 0.362 e. The van der Waals surface area contributed by atoms with E-state index in [-0.39, 0.29) is 0 Å². The predicted octanol–water partition coefficient (Wildman–Crippen LogP) is 1.90. The molecule has 0 saturated heterocycles. The van der Waals surface area contributed by atoms with Gasteiger partial charge in [-0.2, -0.15) is 4.98 Å². The van der Waals surface area contributed by atoms with Crippen molar-refractivity contribution < 1.29 is 24.4 Å². The van der Waals surface area contributed by atoms with E-state index >= 15 is 0 Å². The first kappa shape index (κ1) is 19.6. The number of aromatic nitrogens is 2. The van der Waals surface area contributed by atoms with Crippen LogP contribution in [0.4, 0.5) is 11.5 Å². The average molecular weight is 361 g/mol. The fourth-order valence-corrected chi connectivity index (χ4v) is 1.87. The van der Waals surface area contributed by atoms with Gasteiger partial charge in [0, 0.05) is 7.05 Å². The summed E-state index contributed by atoms with van der Waals surface area (Å²) in [6.45, 7) is 6.45. The number of anilines is 1. The monoisotopic (exact) mass is 360 g/mol. The Balaban J connectivity index is 3.37. The third-order valence-corrected chi connectivity index (χ3v) is 3.06. The van der Waals surface area contributed by atoms with Crippen LogP contribution in [0.3, 0.4) is 0 Å². The number of carboxylic acids is 1. The van der Waals surface area contributed by atoms with E-state index < -0.39 is 51.0 Å². The Morgan fingerprint density at radius 1 is 1.38 bits per heavy atom. The highest BCUT2D eigenvalue weighted by Gasteiger charge is 2.35. The third-order valence-electron chi connectivity index (χ3n) is 2.89. The van der Waals surface area contributed by atoms with E-state index in [0.29, 0.717) is 0 Å². The molecular formula is C13H17ClN4O6. The van der Waals surface area contributed by atoms with Crippen LogP contribution in [-0.2, 0) is 9.53 Å². The standard InChI is InChI=1S/C13H17ClN4O6/c1-6(11(21)24-13(2,3)4)17(5)9-8(18(22)23)7(10(19)20)15-12(14)16-9/h6H,1-5H3,(H,19,20)/t6-/m0/s1. The number of carboxylic acid groups (broad SMARTS) is 1. The molecule has 0 radical (unpaired) electrons. The maximum absolute atomic E-state index is 12.1. The Morgan fingerprint density at radius 2 is 1.92 bits per heavy atom. The molecule has 0 saturated carbocycles. The number of nitrogens with zero attached hydrogens (tertiary/aromatic N) is 4. The Kier molecular flexibility index (Phi) is 5.67. The molecule has 0 aliphatic heterocycles. The van der Waals surface area contributed by atoms with Gasteiger partial charge in [-0.25, -0.2) is 14.6 Å². The molecule has 1 N–H and O–H groups in total. The lowest BCUT2D eigenvalue weighted by Gasteiger charge is -2.28. The number of nitro groups is 1. The first-order valence-corrected chi connectivity index (χ1v) is 7.14. The van der Waals surface area contributed by atoms with E-state index in [9.17, 15) is 19.7 Å². The molecule has 1 rings (SSSR count). The molecule has 132 valence electrons. The number of carbonyl (C=O) groups is 2. The van der Waals surface area contributed by atoms with Crippen molar-refractivity contribution in [2.24, 2.45) is 0 Å². The van der Waals surface area contributed by atoms with E-state index in [0.717, 1.165) is 4.90 Å². The highest BCUT2D eigenvalue weighted by atomic mass is 35.5. The fourth-order valence-electron chi connectivity index (χ4n) is 1.71. The van der Waals surface area contributed by atoms with Crippen molar-refractivity contribution >= 4 is 35.0 Å². The summed E-state index contributed by atoms with van der Waals surface area (Å²) in [6.07, 6.45) is 0. The zero-order valence-corrected chi connectivity index (χ0v) is 14.5. The van der Waals surface area contributed by atoms with Gasteiger partial charge in [0.05, 0.1) is 4.92 Å². The summed E-state index contributed by atoms with van der Waals surface area (Å²) in [5.41, 5.74) is -2.48. The molecule has 0 aliphatic carbocycles. The number of carbonyl (C=O) groups excluding carboxylic acids is 1. The number of likely N-dealkylation sites (N-methyl/N-ethyl adjacent to an activating group) is 1. The molecule has 10 nitrogen and oxygen atoms in total. The summed E-state index contributed by atoms with van der Waals surface area (Å²) in [5, 5.41) is 19.9. The SMILES string of the molecule is C[C@@H](C(=O)OC(C)(C)C)N(C)c1nc(Cl)nc(C(=O)O)c1[N+](=O)[O-]. The van der Waals surface area contributed by atoms with Gasteiger partial charge in [-0.05, 0) is 39.3 Å². The second-order valence-electron chi connectivity index (χ2n) is 5.90. The molecule has 0 spiro atoms. The third kappa shape index (κ3) is 4.51. The summed E-state index contributed by atoms with van der Waals surface area (Å²) >= 11 is 5.65. The Labute approximate surface area is 142 Å². The Bertz CT molecular complexity index is 688. The lowest BCUT2D eigenvalue weighted by molar-refractivity contribution is -0.384. The lowest BCUT2D eigenvalue weighted by atomic mass is 10.2. The lowest BCUT2D eigenvalue weighted by Crippen LogP contribution is -2.41. The van der Waals surface area contributed by atoms with E-state index in [4.69, 9.17) is 21.4 Å². The van der Waals surface area contributed by atoms with Crippen LogP contribution in [0.2, 0.25) is 5.28 Å². The van der Waals surface area contributed by atoms with E-state index in [2.05, 4.69) is 9.97 Å². The van der Waals surface area contributed by atoms with Gasteiger partial charge in [0.25, 0.3) is 0 Å². The second-order valence-corrected chi connectivity index (χ2v) is 6.23.